The van der Waals surface area contributed by atoms with E-state index in [2.05, 4.69) is 10.1 Å². The summed E-state index contributed by atoms with van der Waals surface area (Å²) < 4.78 is 12.1. The van der Waals surface area contributed by atoms with Gasteiger partial charge in [0.15, 0.2) is 5.82 Å². The first kappa shape index (κ1) is 15.4. The Morgan fingerprint density at radius 2 is 2.29 bits per heavy atom. The first-order chi connectivity index (χ1) is 9.94. The van der Waals surface area contributed by atoms with Gasteiger partial charge in [-0.1, -0.05) is 12.1 Å². The van der Waals surface area contributed by atoms with Crippen LogP contribution in [-0.2, 0) is 17.3 Å². The smallest absolute Gasteiger partial charge is 0.258 e. The molecular formula is C14H20N4O3. The summed E-state index contributed by atoms with van der Waals surface area (Å²) in [6, 6.07) is 3.18. The number of hydrogen-bond donors (Lipinski definition) is 1. The molecule has 7 nitrogen and oxygen atoms in total. The zero-order valence-corrected chi connectivity index (χ0v) is 12.5. The summed E-state index contributed by atoms with van der Waals surface area (Å²) in [6.45, 7) is 4.74. The lowest BCUT2D eigenvalue weighted by Crippen LogP contribution is -2.39. The van der Waals surface area contributed by atoms with Gasteiger partial charge < -0.3 is 19.6 Å². The van der Waals surface area contributed by atoms with Crippen LogP contribution in [0.1, 0.15) is 26.1 Å². The van der Waals surface area contributed by atoms with Gasteiger partial charge in [-0.25, -0.2) is 0 Å². The number of pyridine rings is 1. The van der Waals surface area contributed by atoms with Gasteiger partial charge in [0.1, 0.15) is 5.54 Å². The Hall–Kier alpha value is -1.99. The number of nitrogens with zero attached hydrogens (tertiary/aromatic N) is 3. The van der Waals surface area contributed by atoms with Gasteiger partial charge in [-0.05, 0) is 19.4 Å². The van der Waals surface area contributed by atoms with Crippen LogP contribution in [0.15, 0.2) is 27.6 Å². The molecule has 0 amide bonds. The van der Waals surface area contributed by atoms with Gasteiger partial charge in [0.25, 0.3) is 11.4 Å². The number of hydrogen-bond acceptors (Lipinski definition) is 6. The monoisotopic (exact) mass is 292 g/mol. The van der Waals surface area contributed by atoms with Crippen LogP contribution >= 0.6 is 0 Å². The largest absolute Gasteiger partial charge is 0.379 e. The maximum Gasteiger partial charge on any atom is 0.258 e. The van der Waals surface area contributed by atoms with Gasteiger partial charge in [0, 0.05) is 31.5 Å². The van der Waals surface area contributed by atoms with Crippen molar-refractivity contribution in [2.45, 2.75) is 25.8 Å². The zero-order valence-electron chi connectivity index (χ0n) is 12.5. The molecule has 0 fully saturated rings. The summed E-state index contributed by atoms with van der Waals surface area (Å²) in [7, 11) is 1.67. The van der Waals surface area contributed by atoms with E-state index < -0.39 is 5.54 Å². The van der Waals surface area contributed by atoms with Crippen LogP contribution in [-0.4, -0.2) is 27.9 Å². The normalized spacial score (nSPS) is 14.1. The van der Waals surface area contributed by atoms with Gasteiger partial charge in [-0.15, -0.1) is 0 Å². The van der Waals surface area contributed by atoms with E-state index in [-0.39, 0.29) is 11.4 Å². The molecule has 0 aliphatic carbocycles. The van der Waals surface area contributed by atoms with E-state index in [4.69, 9.17) is 15.0 Å². The van der Waals surface area contributed by atoms with E-state index in [0.29, 0.717) is 24.6 Å². The van der Waals surface area contributed by atoms with Gasteiger partial charge in [-0.3, -0.25) is 4.79 Å². The molecule has 0 spiro atoms. The van der Waals surface area contributed by atoms with Crippen LogP contribution in [0, 0.1) is 0 Å². The van der Waals surface area contributed by atoms with Gasteiger partial charge in [0.2, 0.25) is 0 Å². The fraction of sp³-hybridized carbons (Fsp3) is 0.500. The van der Waals surface area contributed by atoms with Gasteiger partial charge in [0.05, 0.1) is 6.61 Å². The molecule has 0 saturated heterocycles. The number of nitrogens with two attached hydrogens (primary N) is 1. The third-order valence-electron chi connectivity index (χ3n) is 3.04. The molecule has 1 atom stereocenters. The Balaban J connectivity index is 2.20. The lowest BCUT2D eigenvalue weighted by molar-refractivity contribution is 0.0867. The second kappa shape index (κ2) is 6.19. The average Bonchev–Trinajstić information content (AvgIpc) is 2.92. The predicted molar refractivity (Wildman–Crippen MR) is 77.6 cm³/mol. The van der Waals surface area contributed by atoms with Crippen LogP contribution < -0.4 is 11.3 Å². The van der Waals surface area contributed by atoms with Gasteiger partial charge in [-0.2, -0.15) is 4.98 Å². The van der Waals surface area contributed by atoms with Crippen molar-refractivity contribution in [3.63, 3.8) is 0 Å². The minimum atomic E-state index is -0.837. The Morgan fingerprint density at radius 1 is 1.52 bits per heavy atom. The topological polar surface area (TPSA) is 96.2 Å². The summed E-state index contributed by atoms with van der Waals surface area (Å²) in [6.07, 6.45) is 2.56. The van der Waals surface area contributed by atoms with Crippen LogP contribution in [0.25, 0.3) is 11.5 Å². The van der Waals surface area contributed by atoms with E-state index in [0.717, 1.165) is 6.42 Å². The van der Waals surface area contributed by atoms with Crippen molar-refractivity contribution >= 4 is 0 Å². The first-order valence-corrected chi connectivity index (χ1v) is 6.82. The van der Waals surface area contributed by atoms with Crippen LogP contribution in [0.2, 0.25) is 0 Å². The van der Waals surface area contributed by atoms with Crippen molar-refractivity contribution in [1.29, 1.82) is 0 Å². The lowest BCUT2D eigenvalue weighted by atomic mass is 10.1. The van der Waals surface area contributed by atoms with Crippen molar-refractivity contribution in [1.82, 2.24) is 14.7 Å². The van der Waals surface area contributed by atoms with E-state index in [1.165, 1.54) is 10.6 Å². The number of ether oxygens (including phenoxy) is 1. The summed E-state index contributed by atoms with van der Waals surface area (Å²) >= 11 is 0. The second-order valence-electron chi connectivity index (χ2n) is 5.26. The third kappa shape index (κ3) is 3.56. The molecule has 2 aromatic heterocycles. The van der Waals surface area contributed by atoms with Crippen molar-refractivity contribution in [3.8, 4) is 11.5 Å². The summed E-state index contributed by atoms with van der Waals surface area (Å²) in [4.78, 5) is 15.9. The van der Waals surface area contributed by atoms with Crippen molar-refractivity contribution in [3.05, 3.63) is 34.5 Å². The molecule has 21 heavy (non-hydrogen) atoms. The molecule has 2 aromatic rings. The number of aryl methyl sites for hydroxylation is 1. The van der Waals surface area contributed by atoms with E-state index in [9.17, 15) is 4.79 Å². The zero-order chi connectivity index (χ0) is 15.5. The molecule has 2 N–H and O–H groups in total. The molecule has 0 saturated carbocycles. The molecule has 1 unspecified atom stereocenters. The Labute approximate surface area is 122 Å². The summed E-state index contributed by atoms with van der Waals surface area (Å²) in [5, 5.41) is 3.90. The molecule has 0 bridgehead atoms. The summed E-state index contributed by atoms with van der Waals surface area (Å²) in [5.74, 6) is 0.629. The van der Waals surface area contributed by atoms with Crippen LogP contribution in [0.3, 0.4) is 0 Å². The molecule has 2 rings (SSSR count). The first-order valence-electron chi connectivity index (χ1n) is 6.82. The molecule has 0 aliphatic heterocycles. The SMILES string of the molecule is CCCOCC(C)(N)c1noc(-c2ccn(C)c(=O)c2)n1. The molecule has 114 valence electrons. The van der Waals surface area contributed by atoms with E-state index in [1.807, 2.05) is 6.92 Å². The fourth-order valence-corrected chi connectivity index (χ4v) is 1.75. The summed E-state index contributed by atoms with van der Waals surface area (Å²) in [5.41, 5.74) is 5.74. The Kier molecular flexibility index (Phi) is 4.54. The molecule has 7 heteroatoms. The highest BCUT2D eigenvalue weighted by atomic mass is 16.5. The Bertz CT molecular complexity index is 660. The Morgan fingerprint density at radius 3 is 2.95 bits per heavy atom. The van der Waals surface area contributed by atoms with E-state index in [1.54, 1.807) is 26.2 Å². The highest BCUT2D eigenvalue weighted by molar-refractivity contribution is 5.51. The van der Waals surface area contributed by atoms with E-state index >= 15 is 0 Å². The molecule has 2 heterocycles. The average molecular weight is 292 g/mol. The van der Waals surface area contributed by atoms with Crippen molar-refractivity contribution in [2.24, 2.45) is 12.8 Å². The number of rotatable bonds is 6. The highest BCUT2D eigenvalue weighted by Crippen LogP contribution is 2.20. The van der Waals surface area contributed by atoms with Crippen molar-refractivity contribution < 1.29 is 9.26 Å². The molecule has 0 aromatic carbocycles. The maximum atomic E-state index is 11.6. The van der Waals surface area contributed by atoms with Crippen LogP contribution in [0.5, 0.6) is 0 Å². The van der Waals surface area contributed by atoms with Crippen LogP contribution in [0.4, 0.5) is 0 Å². The minimum absolute atomic E-state index is 0.144. The molecule has 0 radical (unpaired) electrons. The number of aromatic nitrogens is 3. The minimum Gasteiger partial charge on any atom is -0.379 e. The second-order valence-corrected chi connectivity index (χ2v) is 5.26. The molecule has 0 aliphatic rings. The third-order valence-corrected chi connectivity index (χ3v) is 3.04. The lowest BCUT2D eigenvalue weighted by Gasteiger charge is -2.19. The molecular weight excluding hydrogens is 272 g/mol. The quantitative estimate of drug-likeness (QED) is 0.799. The van der Waals surface area contributed by atoms with Crippen molar-refractivity contribution in [2.75, 3.05) is 13.2 Å². The van der Waals surface area contributed by atoms with Gasteiger partial charge >= 0.3 is 0 Å². The predicted octanol–water partition coefficient (Wildman–Crippen LogP) is 1.04. The standard InChI is InChI=1S/C14H20N4O3/c1-4-7-20-9-14(2,15)13-16-12(21-17-13)10-5-6-18(3)11(19)8-10/h5-6,8H,4,7,9,15H2,1-3H3. The highest BCUT2D eigenvalue weighted by Gasteiger charge is 2.28. The fourth-order valence-electron chi connectivity index (χ4n) is 1.75. The maximum absolute atomic E-state index is 11.6.